The summed E-state index contributed by atoms with van der Waals surface area (Å²) in [5.74, 6) is -0.537. The van der Waals surface area contributed by atoms with E-state index in [1.165, 1.54) is 42.5 Å². The monoisotopic (exact) mass is 581 g/mol. The molecule has 2 N–H and O–H groups in total. The van der Waals surface area contributed by atoms with E-state index in [1.807, 2.05) is 4.72 Å². The van der Waals surface area contributed by atoms with Crippen molar-refractivity contribution in [3.63, 3.8) is 0 Å². The summed E-state index contributed by atoms with van der Waals surface area (Å²) in [4.78, 5) is 19.1. The number of benzene rings is 2. The van der Waals surface area contributed by atoms with E-state index in [-0.39, 0.29) is 39.8 Å². The third-order valence-electron chi connectivity index (χ3n) is 6.57. The molecule has 0 radical (unpaired) electrons. The van der Waals surface area contributed by atoms with E-state index < -0.39 is 39.4 Å². The van der Waals surface area contributed by atoms with E-state index in [0.29, 0.717) is 25.3 Å². The van der Waals surface area contributed by atoms with Gasteiger partial charge >= 0.3 is 6.18 Å². The second-order valence-electron chi connectivity index (χ2n) is 9.47. The van der Waals surface area contributed by atoms with Crippen LogP contribution < -0.4 is 14.4 Å². The summed E-state index contributed by atoms with van der Waals surface area (Å²) in [5.41, 5.74) is -1.96. The Bertz CT molecular complexity index is 1530. The molecule has 1 unspecified atom stereocenters. The number of rotatable bonds is 7. The molecule has 39 heavy (non-hydrogen) atoms. The van der Waals surface area contributed by atoms with Crippen LogP contribution in [0.1, 0.15) is 24.8 Å². The van der Waals surface area contributed by atoms with Gasteiger partial charge in [-0.2, -0.15) is 21.6 Å². The van der Waals surface area contributed by atoms with Crippen molar-refractivity contribution in [2.24, 2.45) is 0 Å². The Labute approximate surface area is 227 Å². The van der Waals surface area contributed by atoms with E-state index in [0.717, 1.165) is 12.1 Å². The molecule has 1 amide bonds. The minimum absolute atomic E-state index is 0.0413. The summed E-state index contributed by atoms with van der Waals surface area (Å²) in [5, 5.41) is 9.61. The molecule has 1 aromatic heterocycles. The zero-order chi connectivity index (χ0) is 28.0. The van der Waals surface area contributed by atoms with Gasteiger partial charge in [0, 0.05) is 36.5 Å². The highest BCUT2D eigenvalue weighted by atomic mass is 35.5. The average Bonchev–Trinajstić information content (AvgIpc) is 3.54. The van der Waals surface area contributed by atoms with E-state index in [2.05, 4.69) is 4.98 Å². The predicted molar refractivity (Wildman–Crippen MR) is 137 cm³/mol. The van der Waals surface area contributed by atoms with Crippen LogP contribution in [0.25, 0.3) is 11.1 Å². The number of amides is 1. The number of aliphatic hydroxyl groups excluding tert-OH is 1. The van der Waals surface area contributed by atoms with Crippen LogP contribution >= 0.6 is 11.6 Å². The molecule has 1 aliphatic carbocycles. The lowest BCUT2D eigenvalue weighted by Gasteiger charge is -2.21. The van der Waals surface area contributed by atoms with Crippen molar-refractivity contribution in [3.05, 3.63) is 71.2 Å². The quantitative estimate of drug-likeness (QED) is 0.425. The van der Waals surface area contributed by atoms with Crippen molar-refractivity contribution in [3.8, 4) is 16.9 Å². The number of hydrogen-bond acceptors (Lipinski definition) is 7. The van der Waals surface area contributed by atoms with Crippen molar-refractivity contribution >= 4 is 33.3 Å². The number of sulfonamides is 1. The first-order chi connectivity index (χ1) is 18.4. The molecule has 3 aromatic rings. The Morgan fingerprint density at radius 1 is 1.13 bits per heavy atom. The van der Waals surface area contributed by atoms with Gasteiger partial charge in [0.1, 0.15) is 11.6 Å². The van der Waals surface area contributed by atoms with Crippen LogP contribution in [-0.2, 0) is 21.0 Å². The van der Waals surface area contributed by atoms with Gasteiger partial charge in [-0.25, -0.2) is 9.71 Å². The van der Waals surface area contributed by atoms with Crippen LogP contribution in [0, 0.1) is 0 Å². The Balaban J connectivity index is 1.38. The molecule has 0 spiro atoms. The van der Waals surface area contributed by atoms with E-state index in [1.54, 1.807) is 11.0 Å². The molecule has 13 heteroatoms. The highest BCUT2D eigenvalue weighted by Gasteiger charge is 2.54. The number of aliphatic hydroxyl groups is 1. The smallest absolute Gasteiger partial charge is 0.416 e. The third kappa shape index (κ3) is 5.82. The molecule has 2 heterocycles. The van der Waals surface area contributed by atoms with Gasteiger partial charge < -0.3 is 14.7 Å². The molecule has 1 atom stereocenters. The number of ether oxygens (including phenoxy) is 1. The summed E-state index contributed by atoms with van der Waals surface area (Å²) in [7, 11) is -4.38. The van der Waals surface area contributed by atoms with Crippen molar-refractivity contribution in [2.75, 3.05) is 18.0 Å². The van der Waals surface area contributed by atoms with Crippen LogP contribution in [-0.4, -0.2) is 49.2 Å². The minimum atomic E-state index is -4.56. The normalized spacial score (nSPS) is 18.6. The maximum Gasteiger partial charge on any atom is 0.416 e. The van der Waals surface area contributed by atoms with Crippen molar-refractivity contribution in [1.29, 1.82) is 0 Å². The molecule has 206 valence electrons. The lowest BCUT2D eigenvalue weighted by atomic mass is 10.0. The second kappa shape index (κ2) is 10.00. The number of carbonyl (C=O) groups excluding carboxylic acids is 1. The maximum atomic E-state index is 13.3. The molecule has 8 nitrogen and oxygen atoms in total. The average molecular weight is 582 g/mol. The van der Waals surface area contributed by atoms with Gasteiger partial charge in [0.2, 0.25) is 0 Å². The Kier molecular flexibility index (Phi) is 6.98. The highest BCUT2D eigenvalue weighted by molar-refractivity contribution is 7.90. The summed E-state index contributed by atoms with van der Waals surface area (Å²) in [6, 6.07) is 13.3. The van der Waals surface area contributed by atoms with Crippen LogP contribution in [0.15, 0.2) is 65.7 Å². The topological polar surface area (TPSA) is 109 Å². The van der Waals surface area contributed by atoms with Gasteiger partial charge in [0.25, 0.3) is 15.9 Å². The fourth-order valence-electron chi connectivity index (χ4n) is 4.33. The first-order valence-corrected chi connectivity index (χ1v) is 13.9. The molecule has 1 saturated carbocycles. The molecular formula is C26H23ClF3N3O5S. The number of β-amino-alcohol motifs (C(OH)–C–C–N with tert-alkyl or cyclic N) is 1. The maximum absolute atomic E-state index is 13.3. The van der Waals surface area contributed by atoms with E-state index in [4.69, 9.17) is 16.3 Å². The Morgan fingerprint density at radius 3 is 2.54 bits per heavy atom. The number of hydrogen-bond donors (Lipinski definition) is 2. The number of anilines is 1. The van der Waals surface area contributed by atoms with Gasteiger partial charge in [-0.3, -0.25) is 4.79 Å². The third-order valence-corrected chi connectivity index (χ3v) is 8.03. The number of alkyl halides is 3. The van der Waals surface area contributed by atoms with Gasteiger partial charge in [-0.05, 0) is 54.4 Å². The number of halogens is 4. The summed E-state index contributed by atoms with van der Waals surface area (Å²) >= 11 is 6.12. The number of aromatic nitrogens is 1. The first kappa shape index (κ1) is 27.2. The summed E-state index contributed by atoms with van der Waals surface area (Å²) < 4.78 is 73.9. The van der Waals surface area contributed by atoms with Gasteiger partial charge in [-0.15, -0.1) is 0 Å². The molecule has 1 saturated heterocycles. The summed E-state index contributed by atoms with van der Waals surface area (Å²) in [6.45, 7) is 0.822. The number of carbonyl (C=O) groups is 1. The highest BCUT2D eigenvalue weighted by Crippen LogP contribution is 2.45. The van der Waals surface area contributed by atoms with Crippen molar-refractivity contribution in [2.45, 2.75) is 42.2 Å². The fraction of sp³-hybridized carbons (Fsp3) is 0.308. The SMILES string of the molecule is O=C(NS(=O)(=O)c1cccc(N2CCC(O)C2)n1)C1(Oc2cc(Cl)ccc2-c2cccc(C(F)(F)F)c2)CC1. The zero-order valence-electron chi connectivity index (χ0n) is 20.3. The fourth-order valence-corrected chi connectivity index (χ4v) is 5.50. The number of nitrogens with one attached hydrogen (secondary N) is 1. The van der Waals surface area contributed by atoms with Crippen LogP contribution in [0.5, 0.6) is 5.75 Å². The Morgan fingerprint density at radius 2 is 1.87 bits per heavy atom. The number of pyridine rings is 1. The van der Waals surface area contributed by atoms with Crippen molar-refractivity contribution in [1.82, 2.24) is 9.71 Å². The van der Waals surface area contributed by atoms with Crippen LogP contribution in [0.2, 0.25) is 5.02 Å². The molecule has 0 bridgehead atoms. The lowest BCUT2D eigenvalue weighted by Crippen LogP contribution is -2.43. The molecule has 2 fully saturated rings. The summed E-state index contributed by atoms with van der Waals surface area (Å²) in [6.07, 6.45) is -4.20. The second-order valence-corrected chi connectivity index (χ2v) is 11.5. The molecule has 1 aliphatic heterocycles. The minimum Gasteiger partial charge on any atom is -0.477 e. The molecular weight excluding hydrogens is 559 g/mol. The van der Waals surface area contributed by atoms with E-state index in [9.17, 15) is 31.5 Å². The van der Waals surface area contributed by atoms with Crippen molar-refractivity contribution < 1.29 is 36.2 Å². The Hall–Kier alpha value is -3.35. The van der Waals surface area contributed by atoms with Gasteiger partial charge in [0.05, 0.1) is 11.7 Å². The largest absolute Gasteiger partial charge is 0.477 e. The lowest BCUT2D eigenvalue weighted by molar-refractivity contribution is -0.137. The first-order valence-electron chi connectivity index (χ1n) is 12.0. The van der Waals surface area contributed by atoms with Crippen LogP contribution in [0.4, 0.5) is 19.0 Å². The van der Waals surface area contributed by atoms with E-state index >= 15 is 0 Å². The zero-order valence-corrected chi connectivity index (χ0v) is 21.9. The van der Waals surface area contributed by atoms with Gasteiger partial charge in [-0.1, -0.05) is 29.8 Å². The molecule has 5 rings (SSSR count). The standard InChI is InChI=1S/C26H23ClF3N3O5S/c27-18-7-8-20(16-3-1-4-17(13-16)26(28,29)30)21(14-18)38-25(10-11-25)24(35)32-39(36,37)23-6-2-5-22(31-23)33-12-9-19(34)15-33/h1-8,13-14,19,34H,9-12,15H2,(H,32,35). The molecule has 2 aliphatic rings. The molecule has 2 aromatic carbocycles. The van der Waals surface area contributed by atoms with Gasteiger partial charge in [0.15, 0.2) is 10.6 Å². The predicted octanol–water partition coefficient (Wildman–Crippen LogP) is 4.41. The number of nitrogens with zero attached hydrogens (tertiary/aromatic N) is 2. The van der Waals surface area contributed by atoms with Crippen LogP contribution in [0.3, 0.4) is 0 Å².